The van der Waals surface area contributed by atoms with E-state index in [2.05, 4.69) is 16.6 Å². The number of carbonyl (C=O) groups excluding carboxylic acids is 2. The van der Waals surface area contributed by atoms with Crippen molar-refractivity contribution in [3.05, 3.63) is 42.5 Å². The molecule has 1 N–H and O–H groups in total. The summed E-state index contributed by atoms with van der Waals surface area (Å²) in [7, 11) is 0. The van der Waals surface area contributed by atoms with Crippen LogP contribution < -0.4 is 10.1 Å². The number of alkyl halides is 2. The molecule has 1 rings (SSSR count). The summed E-state index contributed by atoms with van der Waals surface area (Å²) >= 11 is 0. The molecule has 0 heterocycles. The van der Waals surface area contributed by atoms with Crippen LogP contribution in [0.25, 0.3) is 0 Å². The smallest absolute Gasteiger partial charge is 0.387 e. The summed E-state index contributed by atoms with van der Waals surface area (Å²) in [5.74, 6) is -1.00. The molecule has 1 unspecified atom stereocenters. The Labute approximate surface area is 144 Å². The number of hydrogen-bond acceptors (Lipinski definition) is 5. The third-order valence-electron chi connectivity index (χ3n) is 3.03. The van der Waals surface area contributed by atoms with Gasteiger partial charge in [0.1, 0.15) is 5.75 Å². The zero-order valence-corrected chi connectivity index (χ0v) is 13.9. The lowest BCUT2D eigenvalue weighted by Crippen LogP contribution is -2.33. The van der Waals surface area contributed by atoms with E-state index in [0.29, 0.717) is 13.0 Å². The van der Waals surface area contributed by atoms with Gasteiger partial charge in [0.25, 0.3) is 5.91 Å². The Morgan fingerprint density at radius 2 is 1.96 bits per heavy atom. The molecule has 0 bridgehead atoms. The average molecular weight is 357 g/mol. The Bertz CT molecular complexity index is 563. The van der Waals surface area contributed by atoms with Gasteiger partial charge in [-0.05, 0) is 31.0 Å². The van der Waals surface area contributed by atoms with Gasteiger partial charge in [-0.15, -0.1) is 6.58 Å². The van der Waals surface area contributed by atoms with Crippen molar-refractivity contribution in [3.8, 4) is 5.75 Å². The molecule has 8 heteroatoms. The zero-order chi connectivity index (χ0) is 18.7. The van der Waals surface area contributed by atoms with Gasteiger partial charge >= 0.3 is 12.6 Å². The number of esters is 1. The molecule has 138 valence electrons. The lowest BCUT2D eigenvalue weighted by atomic mass is 10.1. The molecule has 1 atom stereocenters. The Morgan fingerprint density at radius 1 is 1.28 bits per heavy atom. The van der Waals surface area contributed by atoms with Gasteiger partial charge in [-0.3, -0.25) is 4.79 Å². The Balaban J connectivity index is 2.23. The van der Waals surface area contributed by atoms with Crippen molar-refractivity contribution in [2.75, 3.05) is 19.8 Å². The van der Waals surface area contributed by atoms with Crippen LogP contribution in [-0.4, -0.2) is 44.4 Å². The molecule has 0 saturated heterocycles. The maximum absolute atomic E-state index is 12.0. The maximum atomic E-state index is 12.0. The third-order valence-corrected chi connectivity index (χ3v) is 3.03. The molecule has 0 saturated carbocycles. The van der Waals surface area contributed by atoms with Crippen molar-refractivity contribution >= 4 is 11.9 Å². The van der Waals surface area contributed by atoms with E-state index < -0.39 is 31.2 Å². The highest BCUT2D eigenvalue weighted by Crippen LogP contribution is 2.14. The van der Waals surface area contributed by atoms with Crippen LogP contribution >= 0.6 is 0 Å². The van der Waals surface area contributed by atoms with E-state index in [1.165, 1.54) is 25.1 Å². The van der Waals surface area contributed by atoms with E-state index in [-0.39, 0.29) is 12.4 Å². The van der Waals surface area contributed by atoms with Crippen molar-refractivity contribution in [2.24, 2.45) is 0 Å². The Hall–Kier alpha value is -2.48. The van der Waals surface area contributed by atoms with Gasteiger partial charge in [0, 0.05) is 6.54 Å². The predicted octanol–water partition coefficient (Wildman–Crippen LogP) is 2.08. The summed E-state index contributed by atoms with van der Waals surface area (Å²) < 4.78 is 38.2. The van der Waals surface area contributed by atoms with Gasteiger partial charge in [0.2, 0.25) is 0 Å². The number of hydrogen-bond donors (Lipinski definition) is 1. The van der Waals surface area contributed by atoms with Crippen LogP contribution in [0.4, 0.5) is 8.78 Å². The topological polar surface area (TPSA) is 73.9 Å². The van der Waals surface area contributed by atoms with E-state index in [0.717, 1.165) is 5.56 Å². The molecule has 6 nitrogen and oxygen atoms in total. The van der Waals surface area contributed by atoms with Crippen molar-refractivity contribution in [1.82, 2.24) is 5.32 Å². The summed E-state index contributed by atoms with van der Waals surface area (Å²) in [6.07, 6.45) is 1.22. The van der Waals surface area contributed by atoms with Crippen molar-refractivity contribution < 1.29 is 32.6 Å². The summed E-state index contributed by atoms with van der Waals surface area (Å²) in [5.41, 5.74) is 0.838. The van der Waals surface area contributed by atoms with E-state index in [1.807, 2.05) is 0 Å². The van der Waals surface area contributed by atoms with Crippen LogP contribution in [0.1, 0.15) is 12.5 Å². The normalized spacial score (nSPS) is 11.7. The number of ether oxygens (including phenoxy) is 3. The lowest BCUT2D eigenvalue weighted by Gasteiger charge is -2.11. The first-order valence-electron chi connectivity index (χ1n) is 7.62. The summed E-state index contributed by atoms with van der Waals surface area (Å²) in [6.45, 7) is 2.24. The Kier molecular flexibility index (Phi) is 9.16. The molecule has 0 fully saturated rings. The number of nitrogens with one attached hydrogen (secondary N) is 1. The van der Waals surface area contributed by atoms with Gasteiger partial charge in [-0.1, -0.05) is 18.2 Å². The zero-order valence-electron chi connectivity index (χ0n) is 13.9. The third kappa shape index (κ3) is 8.80. The molecule has 1 amide bonds. The van der Waals surface area contributed by atoms with Crippen LogP contribution in [-0.2, 0) is 25.5 Å². The van der Waals surface area contributed by atoms with E-state index in [9.17, 15) is 18.4 Å². The lowest BCUT2D eigenvalue weighted by molar-refractivity contribution is -0.158. The van der Waals surface area contributed by atoms with Gasteiger partial charge in [-0.25, -0.2) is 4.79 Å². The highest BCUT2D eigenvalue weighted by Gasteiger charge is 2.15. The van der Waals surface area contributed by atoms with Gasteiger partial charge < -0.3 is 19.5 Å². The van der Waals surface area contributed by atoms with Crippen molar-refractivity contribution in [3.63, 3.8) is 0 Å². The molecular weight excluding hydrogens is 336 g/mol. The fourth-order valence-corrected chi connectivity index (χ4v) is 1.77. The average Bonchev–Trinajstić information content (AvgIpc) is 2.58. The number of halogens is 2. The Morgan fingerprint density at radius 3 is 2.56 bits per heavy atom. The van der Waals surface area contributed by atoms with Crippen LogP contribution in [0.3, 0.4) is 0 Å². The van der Waals surface area contributed by atoms with Gasteiger partial charge in [-0.2, -0.15) is 8.78 Å². The maximum Gasteiger partial charge on any atom is 0.387 e. The molecule has 0 aromatic heterocycles. The summed E-state index contributed by atoms with van der Waals surface area (Å²) in [5, 5.41) is 2.59. The summed E-state index contributed by atoms with van der Waals surface area (Å²) in [4.78, 5) is 23.1. The van der Waals surface area contributed by atoms with Crippen LogP contribution in [0, 0.1) is 0 Å². The van der Waals surface area contributed by atoms with E-state index >= 15 is 0 Å². The fourth-order valence-electron chi connectivity index (χ4n) is 1.77. The highest BCUT2D eigenvalue weighted by molar-refractivity contribution is 5.81. The minimum Gasteiger partial charge on any atom is -0.454 e. The first-order valence-corrected chi connectivity index (χ1v) is 7.62. The van der Waals surface area contributed by atoms with Gasteiger partial charge in [0.15, 0.2) is 12.7 Å². The molecule has 1 aromatic carbocycles. The highest BCUT2D eigenvalue weighted by atomic mass is 19.3. The number of rotatable bonds is 11. The second-order valence-electron chi connectivity index (χ2n) is 4.99. The first-order chi connectivity index (χ1) is 11.9. The van der Waals surface area contributed by atoms with Crippen LogP contribution in [0.2, 0.25) is 0 Å². The molecule has 0 aliphatic heterocycles. The first kappa shape index (κ1) is 20.6. The number of carbonyl (C=O) groups is 2. The molecule has 25 heavy (non-hydrogen) atoms. The van der Waals surface area contributed by atoms with Crippen molar-refractivity contribution in [2.45, 2.75) is 26.1 Å². The molecule has 0 aliphatic rings. The predicted molar refractivity (Wildman–Crippen MR) is 86.4 cm³/mol. The molecule has 0 spiro atoms. The molecule has 0 radical (unpaired) electrons. The van der Waals surface area contributed by atoms with E-state index in [1.54, 1.807) is 12.1 Å². The fraction of sp³-hybridized carbons (Fsp3) is 0.412. The second kappa shape index (κ2) is 11.1. The SMILES string of the molecule is C=CCOC(C)C(=O)OCC(=O)NCCc1ccc(OC(F)F)cc1. The van der Waals surface area contributed by atoms with Gasteiger partial charge in [0.05, 0.1) is 6.61 Å². The quantitative estimate of drug-likeness (QED) is 0.485. The second-order valence-corrected chi connectivity index (χ2v) is 4.99. The van der Waals surface area contributed by atoms with Crippen LogP contribution in [0.5, 0.6) is 5.75 Å². The monoisotopic (exact) mass is 357 g/mol. The molecule has 1 aromatic rings. The standard InChI is InChI=1S/C17H21F2NO5/c1-3-10-23-12(2)16(22)24-11-15(21)20-9-8-13-4-6-14(7-5-13)25-17(18)19/h3-7,12,17H,1,8-11H2,2H3,(H,20,21). The summed E-state index contributed by atoms with van der Waals surface area (Å²) in [6, 6.07) is 6.11. The number of amides is 1. The van der Waals surface area contributed by atoms with Crippen molar-refractivity contribution in [1.29, 1.82) is 0 Å². The molecule has 0 aliphatic carbocycles. The van der Waals surface area contributed by atoms with E-state index in [4.69, 9.17) is 9.47 Å². The number of benzene rings is 1. The largest absolute Gasteiger partial charge is 0.454 e. The minimum absolute atomic E-state index is 0.0718. The minimum atomic E-state index is -2.86. The van der Waals surface area contributed by atoms with Crippen LogP contribution in [0.15, 0.2) is 36.9 Å². The molecular formula is C17H21F2NO5.